The van der Waals surface area contributed by atoms with Crippen molar-refractivity contribution in [2.24, 2.45) is 0 Å². The van der Waals surface area contributed by atoms with Crippen LogP contribution in [-0.4, -0.2) is 0 Å². The first kappa shape index (κ1) is 153. The van der Waals surface area contributed by atoms with E-state index in [1.54, 1.807) is 0 Å². The molecule has 0 saturated heterocycles. The van der Waals surface area contributed by atoms with Crippen molar-refractivity contribution >= 4 is 853 Å². The second-order valence-electron chi connectivity index (χ2n) is 17.1. The van der Waals surface area contributed by atoms with Crippen LogP contribution in [0.1, 0.15) is 0 Å². The second-order valence-corrected chi connectivity index (χ2v) is 461. The Morgan fingerprint density at radius 3 is 0.206 bits per heavy atom. The maximum atomic E-state index is 4.08. The third kappa shape index (κ3) is 53.9. The van der Waals surface area contributed by atoms with E-state index in [4.69, 9.17) is 0 Å². The van der Waals surface area contributed by atoms with E-state index in [1.165, 1.54) is 0 Å². The van der Waals surface area contributed by atoms with E-state index in [-0.39, 0.29) is 0 Å². The monoisotopic (exact) mass is 3420 g/mol. The summed E-state index contributed by atoms with van der Waals surface area (Å²) in [4.78, 5) is 0. The summed E-state index contributed by atoms with van der Waals surface area (Å²) in [5.41, 5.74) is 0. The Bertz CT molecular complexity index is 1830. The summed E-state index contributed by atoms with van der Waals surface area (Å²) in [6.07, 6.45) is 0. The third-order valence-corrected chi connectivity index (χ3v) is 772. The molecule has 107 heavy (non-hydrogen) atoms. The first-order valence-electron chi connectivity index (χ1n) is 24.4. The molecule has 0 aliphatic carbocycles. The molecule has 0 aliphatic heterocycles. The van der Waals surface area contributed by atoms with Crippen LogP contribution >= 0.6 is 853 Å². The topological polar surface area (TPSA) is 0 Å². The lowest BCUT2D eigenvalue weighted by Gasteiger charge is -2.64. The Kier molecular flexibility index (Phi) is 120. The van der Waals surface area contributed by atoms with E-state index in [0.717, 1.165) is 7.96 Å². The average Bonchev–Trinajstić information content (AvgIpc) is 0.706. The minimum absolute atomic E-state index is 0.400. The summed E-state index contributed by atoms with van der Waals surface area (Å²) < 4.78 is 0. The molecule has 0 aromatic carbocycles. The molecular formula is H109P107. The van der Waals surface area contributed by atoms with E-state index in [2.05, 4.69) is 482 Å². The van der Waals surface area contributed by atoms with Gasteiger partial charge in [0.15, 0.2) is 0 Å². The van der Waals surface area contributed by atoms with Gasteiger partial charge in [-0.05, 0) is 363 Å². The molecule has 0 bridgehead atoms. The van der Waals surface area contributed by atoms with Gasteiger partial charge in [-0.3, -0.25) is 0 Å². The highest BCUT2D eigenvalue weighted by molar-refractivity contribution is 9.61. The van der Waals surface area contributed by atoms with Gasteiger partial charge in [0, 0.05) is 0 Å². The van der Waals surface area contributed by atoms with Crippen molar-refractivity contribution in [2.45, 2.75) is 0 Å². The van der Waals surface area contributed by atoms with Gasteiger partial charge in [0.05, 0.1) is 0 Å². The van der Waals surface area contributed by atoms with Crippen molar-refractivity contribution in [1.29, 1.82) is 0 Å². The van der Waals surface area contributed by atoms with Gasteiger partial charge in [-0.15, -0.1) is 482 Å². The van der Waals surface area contributed by atoms with Gasteiger partial charge in [-0.25, -0.2) is 0 Å². The molecule has 0 nitrogen and oxygen atoms in total. The highest BCUT2D eigenvalue weighted by Crippen LogP contribution is 3.55. The zero-order valence-electron chi connectivity index (χ0n) is 54.9. The van der Waals surface area contributed by atoms with Crippen LogP contribution in [0.15, 0.2) is 0 Å². The van der Waals surface area contributed by atoms with Gasteiger partial charge in [0.25, 0.3) is 0 Å². The minimum atomic E-state index is -0.703. The molecule has 59 unspecified atom stereocenters. The summed E-state index contributed by atoms with van der Waals surface area (Å²) in [6, 6.07) is 0. The standard InChI is InChI=1S/H109P107/c1-55-82(54)96(83(56(2)3)57(4)5)103(97(84(58(6)7)59(8)9)85(60(10)11)61(12)13)106(102(94(78(46)47)79(48)49)95(80(50)51)81(52)53)107(104(98(86(62(14)15)63(16)17)87(64(18)19)65(20)21)99(88(66(22)23)67(24)25)89(68(26)27)69(28)29)105(100(90(70(30)31)71(32)33)91(72(34)35)73(36)37)101(92(74(38)39)75(40)41)93(76(42)43)77(44)45/h55H,1-54H2. The van der Waals surface area contributed by atoms with Crippen LogP contribution < -0.4 is 0 Å². The molecule has 0 aliphatic rings. The molecule has 644 valence electrons. The molecule has 0 rings (SSSR count). The molecule has 0 radical (unpaired) electrons. The molecule has 59 atom stereocenters. The van der Waals surface area contributed by atoms with E-state index >= 15 is 0 Å². The van der Waals surface area contributed by atoms with Gasteiger partial charge >= 0.3 is 0 Å². The van der Waals surface area contributed by atoms with E-state index < -0.39 is 363 Å². The van der Waals surface area contributed by atoms with Crippen LogP contribution in [0.5, 0.6) is 0 Å². The first-order valence-corrected chi connectivity index (χ1v) is 220. The van der Waals surface area contributed by atoms with Gasteiger partial charge in [-0.1, -0.05) is 7.96 Å². The average molecular weight is 3420 g/mol. The lowest BCUT2D eigenvalue weighted by atomic mass is 28.3. The van der Waals surface area contributed by atoms with Crippen LogP contribution in [0, 0.1) is 0 Å². The van der Waals surface area contributed by atoms with E-state index in [0.29, 0.717) is 0 Å². The zero-order chi connectivity index (χ0) is 84.7. The number of hydrogen-bond acceptors (Lipinski definition) is 0. The fourth-order valence-corrected chi connectivity index (χ4v) is 1610. The molecule has 0 fully saturated rings. The fourth-order valence-electron chi connectivity index (χ4n) is 6.61. The van der Waals surface area contributed by atoms with E-state index in [9.17, 15) is 0 Å². The Balaban J connectivity index is 15.3. The highest BCUT2D eigenvalue weighted by atomic mass is 33.7. The SMILES string of the molecule is PPP(P)P(P(P(P)P)P(P)P)P(P(P(P(P)P)P(P)P)P(P(P)P)P(P)P)P(P(P(P(P)P)P(P)P)P(P(P)P)P(P)P)P(P(P(P(P(P)P)P(P)P)P(P(P)P)P(P)P)P(P(P(P)P)P(P)P)P(P(P)P)P(P)P)P(P(P(P(P)P)P(P)P)P(P(P)P)P(P)P)P(P(P(P)P)P(P)P)P(P(P)P)P(P)P. The summed E-state index contributed by atoms with van der Waals surface area (Å²) >= 11 is 0. The molecule has 0 N–H and O–H groups in total. The Morgan fingerprint density at radius 1 is 0.0841 bits per heavy atom. The quantitative estimate of drug-likeness (QED) is 0.0533. The first-order chi connectivity index (χ1) is 48.7. The van der Waals surface area contributed by atoms with Crippen LogP contribution in [0.3, 0.4) is 0 Å². The van der Waals surface area contributed by atoms with Crippen LogP contribution in [0.2, 0.25) is 0 Å². The predicted molar refractivity (Wildman–Crippen MR) is 892 cm³/mol. The number of rotatable bonds is 52. The Labute approximate surface area is 839 Å². The summed E-state index contributed by atoms with van der Waals surface area (Å²) in [5, 5.41) is 0. The Hall–Kier alpha value is 46.0. The van der Waals surface area contributed by atoms with Crippen LogP contribution in [-0.2, 0) is 0 Å². The third-order valence-electron chi connectivity index (χ3n) is 9.54. The smallest absolute Gasteiger partial charge is 0.000000208 e. The van der Waals surface area contributed by atoms with E-state index in [1.807, 2.05) is 0 Å². The predicted octanol–water partition coefficient (Wildman–Crippen LogP) is 63.0. The largest absolute Gasteiger partial charge is 0.109 e. The van der Waals surface area contributed by atoms with Crippen molar-refractivity contribution in [1.82, 2.24) is 0 Å². The minimum Gasteiger partial charge on any atom is -0.109 e. The van der Waals surface area contributed by atoms with Crippen LogP contribution in [0.4, 0.5) is 0 Å². The van der Waals surface area contributed by atoms with Gasteiger partial charge < -0.3 is 0 Å². The molecule has 0 amide bonds. The summed E-state index contributed by atoms with van der Waals surface area (Å²) in [5.74, 6) is 0. The lowest BCUT2D eigenvalue weighted by Crippen LogP contribution is -1.77. The number of hydrogen-bond donors (Lipinski definition) is 0. The maximum absolute atomic E-state index is 4.08. The molecule has 0 aromatic rings. The fraction of sp³-hybridized carbons (Fsp3) is 0. The van der Waals surface area contributed by atoms with Gasteiger partial charge in [0.1, 0.15) is 0 Å². The highest BCUT2D eigenvalue weighted by Gasteiger charge is 2.68. The van der Waals surface area contributed by atoms with Crippen LogP contribution in [0.25, 0.3) is 0 Å². The van der Waals surface area contributed by atoms with Crippen molar-refractivity contribution in [3.63, 3.8) is 0 Å². The molecule has 107 heteroatoms. The maximum Gasteiger partial charge on any atom is -0.000000208 e. The summed E-state index contributed by atoms with van der Waals surface area (Å²) in [6.45, 7) is -25.1. The molecule has 0 aromatic heterocycles. The normalized spacial score (nSPS) is 15.9. The molecular weight excluding hydrogens is 3310 g/mol. The Morgan fingerprint density at radius 2 is 0.140 bits per heavy atom. The van der Waals surface area contributed by atoms with Gasteiger partial charge in [-0.2, -0.15) is 0 Å². The lowest BCUT2D eigenvalue weighted by molar-refractivity contribution is 4.29. The van der Waals surface area contributed by atoms with Crippen molar-refractivity contribution in [3.8, 4) is 0 Å². The molecule has 0 saturated carbocycles. The van der Waals surface area contributed by atoms with Crippen molar-refractivity contribution in [2.75, 3.05) is 0 Å². The van der Waals surface area contributed by atoms with Crippen molar-refractivity contribution < 1.29 is 0 Å². The zero-order valence-corrected chi connectivity index (χ0v) is 165. The van der Waals surface area contributed by atoms with Crippen molar-refractivity contribution in [3.05, 3.63) is 0 Å². The second kappa shape index (κ2) is 84.1. The molecule has 0 spiro atoms. The van der Waals surface area contributed by atoms with Gasteiger partial charge in [0.2, 0.25) is 0 Å². The molecule has 0 heterocycles. The summed E-state index contributed by atoms with van der Waals surface area (Å²) in [7, 11) is 208.